The van der Waals surface area contributed by atoms with Gasteiger partial charge in [-0.3, -0.25) is 10.3 Å². The number of piperazine rings is 1. The molecular formula is C14H22N4O2. The molecule has 0 saturated carbocycles. The van der Waals surface area contributed by atoms with E-state index in [2.05, 4.69) is 4.90 Å². The van der Waals surface area contributed by atoms with Crippen LogP contribution < -0.4 is 15.2 Å². The highest BCUT2D eigenvalue weighted by Gasteiger charge is 2.17. The standard InChI is InChI=1S/C14H22N4O2/c1-19-12-2-4-13(5-3-12)20-11-10-17-6-8-18(9-7-17)14(15)16/h2-5H,6-11H2,1H3,(H3,15,16). The van der Waals surface area contributed by atoms with Crippen LogP contribution >= 0.6 is 0 Å². The van der Waals surface area contributed by atoms with Crippen molar-refractivity contribution in [2.45, 2.75) is 0 Å². The highest BCUT2D eigenvalue weighted by molar-refractivity contribution is 5.74. The van der Waals surface area contributed by atoms with Crippen LogP contribution in [0, 0.1) is 5.41 Å². The second-order valence-corrected chi connectivity index (χ2v) is 4.74. The van der Waals surface area contributed by atoms with E-state index in [1.165, 1.54) is 0 Å². The maximum absolute atomic E-state index is 7.39. The van der Waals surface area contributed by atoms with Crippen LogP contribution in [0.25, 0.3) is 0 Å². The van der Waals surface area contributed by atoms with Gasteiger partial charge in [-0.25, -0.2) is 0 Å². The minimum absolute atomic E-state index is 0.166. The van der Waals surface area contributed by atoms with Gasteiger partial charge in [0.15, 0.2) is 5.96 Å². The summed E-state index contributed by atoms with van der Waals surface area (Å²) < 4.78 is 10.8. The number of nitrogens with zero attached hydrogens (tertiary/aromatic N) is 2. The summed E-state index contributed by atoms with van der Waals surface area (Å²) in [5.74, 6) is 1.85. The molecule has 6 nitrogen and oxygen atoms in total. The van der Waals surface area contributed by atoms with E-state index in [-0.39, 0.29) is 5.96 Å². The van der Waals surface area contributed by atoms with Crippen molar-refractivity contribution in [1.29, 1.82) is 5.41 Å². The van der Waals surface area contributed by atoms with Crippen LogP contribution in [0.5, 0.6) is 11.5 Å². The van der Waals surface area contributed by atoms with Gasteiger partial charge in [0.05, 0.1) is 7.11 Å². The molecule has 1 fully saturated rings. The molecule has 3 N–H and O–H groups in total. The molecule has 1 saturated heterocycles. The zero-order valence-electron chi connectivity index (χ0n) is 11.8. The number of methoxy groups -OCH3 is 1. The van der Waals surface area contributed by atoms with Crippen molar-refractivity contribution in [2.24, 2.45) is 5.73 Å². The second kappa shape index (κ2) is 7.00. The van der Waals surface area contributed by atoms with E-state index in [1.807, 2.05) is 29.2 Å². The summed E-state index contributed by atoms with van der Waals surface area (Å²) in [6.45, 7) is 5.02. The van der Waals surface area contributed by atoms with Gasteiger partial charge in [0.2, 0.25) is 0 Å². The third-order valence-corrected chi connectivity index (χ3v) is 3.45. The van der Waals surface area contributed by atoms with Gasteiger partial charge in [-0.1, -0.05) is 0 Å². The predicted molar refractivity (Wildman–Crippen MR) is 78.4 cm³/mol. The van der Waals surface area contributed by atoms with Crippen molar-refractivity contribution >= 4 is 5.96 Å². The van der Waals surface area contributed by atoms with Crippen LogP contribution in [0.15, 0.2) is 24.3 Å². The van der Waals surface area contributed by atoms with E-state index >= 15 is 0 Å². The zero-order valence-corrected chi connectivity index (χ0v) is 11.8. The minimum Gasteiger partial charge on any atom is -0.497 e. The van der Waals surface area contributed by atoms with E-state index in [4.69, 9.17) is 20.6 Å². The summed E-state index contributed by atoms with van der Waals surface area (Å²) in [6, 6.07) is 7.60. The van der Waals surface area contributed by atoms with Gasteiger partial charge in [0.1, 0.15) is 18.1 Å². The van der Waals surface area contributed by atoms with Crippen LogP contribution in [0.4, 0.5) is 0 Å². The molecule has 0 spiro atoms. The largest absolute Gasteiger partial charge is 0.497 e. The van der Waals surface area contributed by atoms with Crippen molar-refractivity contribution in [2.75, 3.05) is 46.4 Å². The fourth-order valence-corrected chi connectivity index (χ4v) is 2.18. The Morgan fingerprint density at radius 2 is 1.75 bits per heavy atom. The average molecular weight is 278 g/mol. The first kappa shape index (κ1) is 14.5. The van der Waals surface area contributed by atoms with Crippen LogP contribution in [0.3, 0.4) is 0 Å². The molecule has 0 bridgehead atoms. The number of ether oxygens (including phenoxy) is 2. The lowest BCUT2D eigenvalue weighted by atomic mass is 10.3. The summed E-state index contributed by atoms with van der Waals surface area (Å²) in [5.41, 5.74) is 5.47. The number of benzene rings is 1. The molecule has 110 valence electrons. The Hall–Kier alpha value is -1.95. The lowest BCUT2D eigenvalue weighted by Crippen LogP contribution is -2.51. The number of nitrogens with two attached hydrogens (primary N) is 1. The van der Waals surface area contributed by atoms with Crippen LogP contribution in [-0.4, -0.2) is 62.2 Å². The molecule has 0 amide bonds. The van der Waals surface area contributed by atoms with E-state index in [0.29, 0.717) is 6.61 Å². The molecule has 1 aliphatic heterocycles. The number of rotatable bonds is 5. The molecule has 2 rings (SSSR count). The number of hydrogen-bond acceptors (Lipinski definition) is 4. The molecule has 1 aliphatic rings. The molecular weight excluding hydrogens is 256 g/mol. The molecule has 0 aromatic heterocycles. The fraction of sp³-hybridized carbons (Fsp3) is 0.500. The second-order valence-electron chi connectivity index (χ2n) is 4.74. The summed E-state index contributed by atoms with van der Waals surface area (Å²) in [4.78, 5) is 4.21. The number of guanidine groups is 1. The van der Waals surface area contributed by atoms with E-state index in [1.54, 1.807) is 7.11 Å². The lowest BCUT2D eigenvalue weighted by molar-refractivity contribution is 0.153. The van der Waals surface area contributed by atoms with Gasteiger partial charge in [-0.05, 0) is 24.3 Å². The topological polar surface area (TPSA) is 74.8 Å². The lowest BCUT2D eigenvalue weighted by Gasteiger charge is -2.34. The summed E-state index contributed by atoms with van der Waals surface area (Å²) >= 11 is 0. The third kappa shape index (κ3) is 4.03. The smallest absolute Gasteiger partial charge is 0.188 e. The first-order valence-corrected chi connectivity index (χ1v) is 6.77. The molecule has 20 heavy (non-hydrogen) atoms. The SMILES string of the molecule is COc1ccc(OCCN2CCN(C(=N)N)CC2)cc1. The Bertz CT molecular complexity index is 427. The van der Waals surface area contributed by atoms with Crippen LogP contribution in [0.2, 0.25) is 0 Å². The zero-order chi connectivity index (χ0) is 14.4. The Labute approximate surface area is 119 Å². The minimum atomic E-state index is 0.166. The van der Waals surface area contributed by atoms with Gasteiger partial charge in [-0.15, -0.1) is 0 Å². The Balaban J connectivity index is 1.67. The predicted octanol–water partition coefficient (Wildman–Crippen LogP) is 0.585. The summed E-state index contributed by atoms with van der Waals surface area (Å²) in [6.07, 6.45) is 0. The van der Waals surface area contributed by atoms with Gasteiger partial charge < -0.3 is 20.1 Å². The van der Waals surface area contributed by atoms with Crippen molar-refractivity contribution in [3.05, 3.63) is 24.3 Å². The molecule has 1 aromatic rings. The first-order chi connectivity index (χ1) is 9.69. The van der Waals surface area contributed by atoms with Crippen LogP contribution in [0.1, 0.15) is 0 Å². The van der Waals surface area contributed by atoms with Gasteiger partial charge in [-0.2, -0.15) is 0 Å². The van der Waals surface area contributed by atoms with Gasteiger partial charge >= 0.3 is 0 Å². The molecule has 0 aliphatic carbocycles. The number of hydrogen-bond donors (Lipinski definition) is 2. The Kier molecular flexibility index (Phi) is 5.06. The van der Waals surface area contributed by atoms with Gasteiger partial charge in [0, 0.05) is 32.7 Å². The van der Waals surface area contributed by atoms with E-state index in [0.717, 1.165) is 44.2 Å². The maximum atomic E-state index is 7.39. The highest BCUT2D eigenvalue weighted by Crippen LogP contribution is 2.16. The maximum Gasteiger partial charge on any atom is 0.188 e. The molecule has 6 heteroatoms. The van der Waals surface area contributed by atoms with Crippen molar-refractivity contribution < 1.29 is 9.47 Å². The fourth-order valence-electron chi connectivity index (χ4n) is 2.18. The first-order valence-electron chi connectivity index (χ1n) is 6.77. The Morgan fingerprint density at radius 3 is 2.30 bits per heavy atom. The highest BCUT2D eigenvalue weighted by atomic mass is 16.5. The molecule has 1 heterocycles. The average Bonchev–Trinajstić information content (AvgIpc) is 2.48. The van der Waals surface area contributed by atoms with Crippen molar-refractivity contribution in [1.82, 2.24) is 9.80 Å². The molecule has 0 atom stereocenters. The Morgan fingerprint density at radius 1 is 1.15 bits per heavy atom. The van der Waals surface area contributed by atoms with E-state index in [9.17, 15) is 0 Å². The quantitative estimate of drug-likeness (QED) is 0.609. The van der Waals surface area contributed by atoms with Crippen molar-refractivity contribution in [3.8, 4) is 11.5 Å². The molecule has 0 radical (unpaired) electrons. The molecule has 0 unspecified atom stereocenters. The molecule has 1 aromatic carbocycles. The summed E-state index contributed by atoms with van der Waals surface area (Å²) in [7, 11) is 1.65. The van der Waals surface area contributed by atoms with Crippen LogP contribution in [-0.2, 0) is 0 Å². The van der Waals surface area contributed by atoms with E-state index < -0.39 is 0 Å². The number of nitrogens with one attached hydrogen (secondary N) is 1. The van der Waals surface area contributed by atoms with Crippen molar-refractivity contribution in [3.63, 3.8) is 0 Å². The summed E-state index contributed by atoms with van der Waals surface area (Å²) in [5, 5.41) is 7.39. The monoisotopic (exact) mass is 278 g/mol. The third-order valence-electron chi connectivity index (χ3n) is 3.45. The normalized spacial score (nSPS) is 15.9. The van der Waals surface area contributed by atoms with Gasteiger partial charge in [0.25, 0.3) is 0 Å².